The highest BCUT2D eigenvalue weighted by atomic mass is 35.5. The molecule has 0 saturated carbocycles. The number of halogens is 1. The van der Waals surface area contributed by atoms with Gasteiger partial charge in [-0.2, -0.15) is 0 Å². The molecule has 0 aliphatic carbocycles. The van der Waals surface area contributed by atoms with Gasteiger partial charge in [0.25, 0.3) is 0 Å². The highest BCUT2D eigenvalue weighted by Crippen LogP contribution is 2.14. The molecule has 1 fully saturated rings. The van der Waals surface area contributed by atoms with Gasteiger partial charge < -0.3 is 15.0 Å². The quantitative estimate of drug-likeness (QED) is 0.798. The first kappa shape index (κ1) is 20.6. The van der Waals surface area contributed by atoms with Crippen LogP contribution in [-0.4, -0.2) is 49.1 Å². The molecule has 1 heterocycles. The second-order valence-electron chi connectivity index (χ2n) is 7.10. The summed E-state index contributed by atoms with van der Waals surface area (Å²) in [7, 11) is 1.68. The molecule has 0 radical (unpaired) electrons. The van der Waals surface area contributed by atoms with Gasteiger partial charge in [-0.25, -0.2) is 4.79 Å². The molecule has 2 aromatic carbocycles. The Morgan fingerprint density at radius 2 is 1.79 bits per heavy atom. The Morgan fingerprint density at radius 3 is 2.54 bits per heavy atom. The van der Waals surface area contributed by atoms with Crippen molar-refractivity contribution in [3.8, 4) is 0 Å². The van der Waals surface area contributed by atoms with Gasteiger partial charge in [0.15, 0.2) is 0 Å². The van der Waals surface area contributed by atoms with E-state index in [1.807, 2.05) is 41.3 Å². The first-order valence-electron chi connectivity index (χ1n) is 9.71. The Labute approximate surface area is 172 Å². The van der Waals surface area contributed by atoms with Gasteiger partial charge in [0, 0.05) is 51.4 Å². The molecule has 1 N–H and O–H groups in total. The highest BCUT2D eigenvalue weighted by molar-refractivity contribution is 6.30. The molecule has 0 unspecified atom stereocenters. The summed E-state index contributed by atoms with van der Waals surface area (Å²) in [6.45, 7) is 5.33. The molecule has 28 heavy (non-hydrogen) atoms. The molecule has 1 aliphatic heterocycles. The van der Waals surface area contributed by atoms with Crippen LogP contribution in [0.3, 0.4) is 0 Å². The molecule has 0 spiro atoms. The summed E-state index contributed by atoms with van der Waals surface area (Å²) in [6, 6.07) is 16.0. The van der Waals surface area contributed by atoms with Crippen molar-refractivity contribution in [1.82, 2.24) is 15.1 Å². The van der Waals surface area contributed by atoms with Crippen molar-refractivity contribution in [3.63, 3.8) is 0 Å². The van der Waals surface area contributed by atoms with Gasteiger partial charge in [0.05, 0.1) is 6.61 Å². The van der Waals surface area contributed by atoms with Gasteiger partial charge in [-0.05, 0) is 35.2 Å². The Bertz CT molecular complexity index is 767. The van der Waals surface area contributed by atoms with Crippen LogP contribution < -0.4 is 5.32 Å². The van der Waals surface area contributed by atoms with Crippen LogP contribution in [0.1, 0.15) is 23.1 Å². The fourth-order valence-corrected chi connectivity index (χ4v) is 3.62. The Kier molecular flexibility index (Phi) is 7.71. The van der Waals surface area contributed by atoms with Crippen LogP contribution in [0, 0.1) is 0 Å². The van der Waals surface area contributed by atoms with E-state index in [0.29, 0.717) is 13.2 Å². The third-order valence-corrected chi connectivity index (χ3v) is 5.30. The number of methoxy groups -OCH3 is 1. The van der Waals surface area contributed by atoms with E-state index in [-0.39, 0.29) is 6.03 Å². The minimum absolute atomic E-state index is 0.000521. The maximum Gasteiger partial charge on any atom is 0.317 e. The predicted molar refractivity (Wildman–Crippen MR) is 112 cm³/mol. The monoisotopic (exact) mass is 401 g/mol. The SMILES string of the molecule is COCc1ccccc1CNC(=O)N1CCCN(Cc2ccc(Cl)cc2)CC1. The van der Waals surface area contributed by atoms with E-state index in [4.69, 9.17) is 16.3 Å². The molecule has 6 heteroatoms. The van der Waals surface area contributed by atoms with Crippen LogP contribution in [0.5, 0.6) is 0 Å². The number of amides is 2. The van der Waals surface area contributed by atoms with Gasteiger partial charge in [-0.1, -0.05) is 48.0 Å². The van der Waals surface area contributed by atoms with E-state index in [9.17, 15) is 4.79 Å². The molecule has 0 bridgehead atoms. The number of hydrogen-bond acceptors (Lipinski definition) is 3. The zero-order valence-electron chi connectivity index (χ0n) is 16.4. The van der Waals surface area contributed by atoms with Crippen LogP contribution in [0.15, 0.2) is 48.5 Å². The molecule has 0 aromatic heterocycles. The number of rotatable bonds is 6. The van der Waals surface area contributed by atoms with Gasteiger partial charge in [-0.15, -0.1) is 0 Å². The molecule has 5 nitrogen and oxygen atoms in total. The minimum Gasteiger partial charge on any atom is -0.380 e. The molecule has 1 saturated heterocycles. The first-order chi connectivity index (χ1) is 13.7. The van der Waals surface area contributed by atoms with E-state index >= 15 is 0 Å². The normalized spacial score (nSPS) is 15.3. The second-order valence-corrected chi connectivity index (χ2v) is 7.54. The molecular weight excluding hydrogens is 374 g/mol. The fourth-order valence-electron chi connectivity index (χ4n) is 3.49. The lowest BCUT2D eigenvalue weighted by atomic mass is 10.1. The number of nitrogens with zero attached hydrogens (tertiary/aromatic N) is 2. The zero-order valence-corrected chi connectivity index (χ0v) is 17.1. The summed E-state index contributed by atoms with van der Waals surface area (Å²) in [5, 5.41) is 3.82. The number of urea groups is 1. The number of hydrogen-bond donors (Lipinski definition) is 1. The van der Waals surface area contributed by atoms with Crippen molar-refractivity contribution in [2.24, 2.45) is 0 Å². The number of carbonyl (C=O) groups excluding carboxylic acids is 1. The topological polar surface area (TPSA) is 44.8 Å². The van der Waals surface area contributed by atoms with Crippen molar-refractivity contribution >= 4 is 17.6 Å². The predicted octanol–water partition coefficient (Wildman–Crippen LogP) is 3.90. The van der Waals surface area contributed by atoms with E-state index in [1.165, 1.54) is 5.56 Å². The molecular formula is C22H28ClN3O2. The van der Waals surface area contributed by atoms with Crippen LogP contribution in [0.25, 0.3) is 0 Å². The first-order valence-corrected chi connectivity index (χ1v) is 10.1. The van der Waals surface area contributed by atoms with Gasteiger partial charge >= 0.3 is 6.03 Å². The minimum atomic E-state index is 0.000521. The standard InChI is InChI=1S/C22H28ClN3O2/c1-28-17-20-6-3-2-5-19(20)15-24-22(27)26-12-4-11-25(13-14-26)16-18-7-9-21(23)10-8-18/h2-3,5-10H,4,11-17H2,1H3,(H,24,27). The summed E-state index contributed by atoms with van der Waals surface area (Å²) in [5.74, 6) is 0. The molecule has 150 valence electrons. The average Bonchev–Trinajstić information content (AvgIpc) is 2.95. The Hall–Kier alpha value is -2.08. The summed E-state index contributed by atoms with van der Waals surface area (Å²) < 4.78 is 5.24. The average molecular weight is 402 g/mol. The van der Waals surface area contributed by atoms with E-state index in [2.05, 4.69) is 22.3 Å². The zero-order chi connectivity index (χ0) is 19.8. The van der Waals surface area contributed by atoms with Crippen molar-refractivity contribution in [3.05, 3.63) is 70.2 Å². The van der Waals surface area contributed by atoms with Crippen molar-refractivity contribution in [2.45, 2.75) is 26.1 Å². The largest absolute Gasteiger partial charge is 0.380 e. The lowest BCUT2D eigenvalue weighted by Crippen LogP contribution is -2.41. The van der Waals surface area contributed by atoms with Gasteiger partial charge in [-0.3, -0.25) is 4.90 Å². The number of ether oxygens (including phenoxy) is 1. The maximum atomic E-state index is 12.6. The van der Waals surface area contributed by atoms with E-state index in [0.717, 1.165) is 55.3 Å². The summed E-state index contributed by atoms with van der Waals surface area (Å²) >= 11 is 5.96. The van der Waals surface area contributed by atoms with Crippen LogP contribution >= 0.6 is 11.6 Å². The Balaban J connectivity index is 1.49. The fraction of sp³-hybridized carbons (Fsp3) is 0.409. The second kappa shape index (κ2) is 10.5. The van der Waals surface area contributed by atoms with Gasteiger partial charge in [0.2, 0.25) is 0 Å². The number of carbonyl (C=O) groups is 1. The van der Waals surface area contributed by atoms with Crippen LogP contribution in [0.2, 0.25) is 5.02 Å². The summed E-state index contributed by atoms with van der Waals surface area (Å²) in [5.41, 5.74) is 3.45. The highest BCUT2D eigenvalue weighted by Gasteiger charge is 2.19. The van der Waals surface area contributed by atoms with Crippen LogP contribution in [-0.2, 0) is 24.4 Å². The van der Waals surface area contributed by atoms with Crippen LogP contribution in [0.4, 0.5) is 4.79 Å². The number of nitrogens with one attached hydrogen (secondary N) is 1. The lowest BCUT2D eigenvalue weighted by molar-refractivity contribution is 0.183. The van der Waals surface area contributed by atoms with E-state index < -0.39 is 0 Å². The molecule has 2 amide bonds. The van der Waals surface area contributed by atoms with E-state index in [1.54, 1.807) is 7.11 Å². The third kappa shape index (κ3) is 5.96. The molecule has 0 atom stereocenters. The molecule has 2 aromatic rings. The third-order valence-electron chi connectivity index (χ3n) is 5.04. The van der Waals surface area contributed by atoms with Gasteiger partial charge in [0.1, 0.15) is 0 Å². The van der Waals surface area contributed by atoms with Crippen molar-refractivity contribution in [1.29, 1.82) is 0 Å². The number of benzene rings is 2. The lowest BCUT2D eigenvalue weighted by Gasteiger charge is -2.22. The summed E-state index contributed by atoms with van der Waals surface area (Å²) in [6.07, 6.45) is 0.973. The smallest absolute Gasteiger partial charge is 0.317 e. The van der Waals surface area contributed by atoms with Crippen molar-refractivity contribution in [2.75, 3.05) is 33.3 Å². The molecule has 1 aliphatic rings. The Morgan fingerprint density at radius 1 is 1.04 bits per heavy atom. The maximum absolute atomic E-state index is 12.6. The molecule has 3 rings (SSSR count). The van der Waals surface area contributed by atoms with Crippen molar-refractivity contribution < 1.29 is 9.53 Å². The summed E-state index contributed by atoms with van der Waals surface area (Å²) in [4.78, 5) is 17.0.